The number of amides is 1. The highest BCUT2D eigenvalue weighted by Gasteiger charge is 2.23. The summed E-state index contributed by atoms with van der Waals surface area (Å²) in [4.78, 5) is 24.2. The number of carbonyl (C=O) groups is 2. The van der Waals surface area contributed by atoms with Crippen molar-refractivity contribution in [3.05, 3.63) is 34.6 Å². The molecule has 0 fully saturated rings. The first-order valence-corrected chi connectivity index (χ1v) is 6.22. The van der Waals surface area contributed by atoms with Crippen LogP contribution in [0, 0.1) is 5.82 Å². The number of aliphatic carboxylic acids is 1. The van der Waals surface area contributed by atoms with Gasteiger partial charge in [-0.3, -0.25) is 9.59 Å². The number of hydrogen-bond acceptors (Lipinski definition) is 2. The second-order valence-corrected chi connectivity index (χ2v) is 4.62. The van der Waals surface area contributed by atoms with Crippen LogP contribution in [0.3, 0.4) is 0 Å². The predicted molar refractivity (Wildman–Crippen MR) is 69.8 cm³/mol. The van der Waals surface area contributed by atoms with Crippen molar-refractivity contribution >= 4 is 23.5 Å². The molecule has 0 spiro atoms. The van der Waals surface area contributed by atoms with E-state index in [9.17, 15) is 14.0 Å². The Kier molecular flexibility index (Phi) is 5.30. The van der Waals surface area contributed by atoms with Crippen LogP contribution >= 0.6 is 11.6 Å². The van der Waals surface area contributed by atoms with Gasteiger partial charge in [-0.15, -0.1) is 0 Å². The van der Waals surface area contributed by atoms with Gasteiger partial charge < -0.3 is 10.0 Å². The van der Waals surface area contributed by atoms with Crippen LogP contribution in [0.5, 0.6) is 0 Å². The van der Waals surface area contributed by atoms with Gasteiger partial charge in [-0.1, -0.05) is 18.5 Å². The minimum absolute atomic E-state index is 0.0788. The van der Waals surface area contributed by atoms with Gasteiger partial charge in [0.15, 0.2) is 0 Å². The fourth-order valence-electron chi connectivity index (χ4n) is 1.59. The predicted octanol–water partition coefficient (Wildman–Crippen LogP) is 2.80. The first-order chi connectivity index (χ1) is 8.86. The highest BCUT2D eigenvalue weighted by atomic mass is 35.5. The number of carbonyl (C=O) groups excluding carboxylic acids is 1. The van der Waals surface area contributed by atoms with Gasteiger partial charge in [0.1, 0.15) is 12.4 Å². The minimum atomic E-state index is -1.11. The topological polar surface area (TPSA) is 57.6 Å². The van der Waals surface area contributed by atoms with E-state index in [0.717, 1.165) is 6.07 Å². The summed E-state index contributed by atoms with van der Waals surface area (Å²) in [5, 5.41) is 8.75. The van der Waals surface area contributed by atoms with Crippen molar-refractivity contribution in [2.24, 2.45) is 0 Å². The van der Waals surface area contributed by atoms with Crippen molar-refractivity contribution in [2.45, 2.75) is 26.3 Å². The number of halogens is 2. The molecule has 0 heterocycles. The van der Waals surface area contributed by atoms with E-state index in [1.807, 2.05) is 6.92 Å². The monoisotopic (exact) mass is 287 g/mol. The maximum Gasteiger partial charge on any atom is 0.323 e. The minimum Gasteiger partial charge on any atom is -0.480 e. The lowest BCUT2D eigenvalue weighted by atomic mass is 10.1. The van der Waals surface area contributed by atoms with Gasteiger partial charge in [0, 0.05) is 11.6 Å². The molecule has 1 atom stereocenters. The molecule has 19 heavy (non-hydrogen) atoms. The number of carboxylic acids is 1. The molecule has 1 N–H and O–H groups in total. The molecule has 104 valence electrons. The quantitative estimate of drug-likeness (QED) is 0.906. The van der Waals surface area contributed by atoms with Gasteiger partial charge in [0.2, 0.25) is 0 Å². The molecule has 0 radical (unpaired) electrons. The van der Waals surface area contributed by atoms with Crippen molar-refractivity contribution in [2.75, 3.05) is 6.54 Å². The molecular weight excluding hydrogens is 273 g/mol. The molecule has 4 nitrogen and oxygen atoms in total. The zero-order valence-electron chi connectivity index (χ0n) is 10.7. The van der Waals surface area contributed by atoms with E-state index < -0.39 is 24.2 Å². The van der Waals surface area contributed by atoms with Gasteiger partial charge >= 0.3 is 5.97 Å². The summed E-state index contributed by atoms with van der Waals surface area (Å²) in [5.74, 6) is -2.33. The van der Waals surface area contributed by atoms with E-state index in [1.165, 1.54) is 17.0 Å². The van der Waals surface area contributed by atoms with E-state index in [2.05, 4.69) is 0 Å². The Labute approximate surface area is 115 Å². The third-order valence-electron chi connectivity index (χ3n) is 2.86. The number of carboxylic acid groups (broad SMARTS) is 1. The molecule has 6 heteroatoms. The van der Waals surface area contributed by atoms with Crippen molar-refractivity contribution in [3.63, 3.8) is 0 Å². The van der Waals surface area contributed by atoms with Crippen molar-refractivity contribution in [1.82, 2.24) is 4.90 Å². The molecule has 0 saturated carbocycles. The second-order valence-electron chi connectivity index (χ2n) is 4.21. The van der Waals surface area contributed by atoms with Crippen LogP contribution in [-0.4, -0.2) is 34.5 Å². The molecule has 1 unspecified atom stereocenters. The van der Waals surface area contributed by atoms with Crippen molar-refractivity contribution in [1.29, 1.82) is 0 Å². The Bertz CT molecular complexity index is 493. The Balaban J connectivity index is 3.04. The van der Waals surface area contributed by atoms with Crippen LogP contribution in [0.25, 0.3) is 0 Å². The third-order valence-corrected chi connectivity index (χ3v) is 3.16. The lowest BCUT2D eigenvalue weighted by Crippen LogP contribution is -2.41. The summed E-state index contributed by atoms with van der Waals surface area (Å²) in [5.41, 5.74) is 0.0865. The SMILES string of the molecule is CCC(C)N(CC(=O)O)C(=O)c1ccc(Cl)c(F)c1. The lowest BCUT2D eigenvalue weighted by molar-refractivity contribution is -0.138. The zero-order chi connectivity index (χ0) is 14.6. The lowest BCUT2D eigenvalue weighted by Gasteiger charge is -2.27. The summed E-state index contributed by atoms with van der Waals surface area (Å²) in [6, 6.07) is 3.43. The Morgan fingerprint density at radius 2 is 2.11 bits per heavy atom. The van der Waals surface area contributed by atoms with Gasteiger partial charge in [0.05, 0.1) is 5.02 Å². The first-order valence-electron chi connectivity index (χ1n) is 5.84. The largest absolute Gasteiger partial charge is 0.480 e. The van der Waals surface area contributed by atoms with Crippen LogP contribution in [0.1, 0.15) is 30.6 Å². The van der Waals surface area contributed by atoms with Crippen LogP contribution in [0.15, 0.2) is 18.2 Å². The van der Waals surface area contributed by atoms with Gasteiger partial charge in [0.25, 0.3) is 5.91 Å². The number of rotatable bonds is 5. The van der Waals surface area contributed by atoms with E-state index in [4.69, 9.17) is 16.7 Å². The Morgan fingerprint density at radius 1 is 1.47 bits per heavy atom. The fourth-order valence-corrected chi connectivity index (χ4v) is 1.71. The smallest absolute Gasteiger partial charge is 0.323 e. The molecule has 0 aliphatic rings. The summed E-state index contributed by atoms with van der Waals surface area (Å²) < 4.78 is 13.3. The summed E-state index contributed by atoms with van der Waals surface area (Å²) in [6.07, 6.45) is 0.606. The summed E-state index contributed by atoms with van der Waals surface area (Å²) in [6.45, 7) is 3.17. The van der Waals surface area contributed by atoms with Crippen molar-refractivity contribution < 1.29 is 19.1 Å². The maximum atomic E-state index is 13.3. The van der Waals surface area contributed by atoms with Gasteiger partial charge in [-0.2, -0.15) is 0 Å². The molecule has 1 amide bonds. The maximum absolute atomic E-state index is 13.3. The normalized spacial score (nSPS) is 12.0. The summed E-state index contributed by atoms with van der Waals surface area (Å²) in [7, 11) is 0. The van der Waals surface area contributed by atoms with Crippen LogP contribution < -0.4 is 0 Å². The number of hydrogen-bond donors (Lipinski definition) is 1. The standard InChI is InChI=1S/C13H15ClFNO3/c1-3-8(2)16(7-12(17)18)13(19)9-4-5-10(14)11(15)6-9/h4-6,8H,3,7H2,1-2H3,(H,17,18). The summed E-state index contributed by atoms with van der Waals surface area (Å²) >= 11 is 5.55. The molecule has 0 bridgehead atoms. The van der Waals surface area contributed by atoms with E-state index in [1.54, 1.807) is 6.92 Å². The molecule has 0 aromatic heterocycles. The second kappa shape index (κ2) is 6.52. The zero-order valence-corrected chi connectivity index (χ0v) is 11.4. The molecule has 0 aliphatic carbocycles. The molecule has 1 aromatic rings. The first kappa shape index (κ1) is 15.4. The number of benzene rings is 1. The molecule has 1 aromatic carbocycles. The van der Waals surface area contributed by atoms with Crippen LogP contribution in [0.2, 0.25) is 5.02 Å². The van der Waals surface area contributed by atoms with Crippen LogP contribution in [-0.2, 0) is 4.79 Å². The Morgan fingerprint density at radius 3 is 2.58 bits per heavy atom. The highest BCUT2D eigenvalue weighted by molar-refractivity contribution is 6.30. The fraction of sp³-hybridized carbons (Fsp3) is 0.385. The molecule has 1 rings (SSSR count). The molecule has 0 aliphatic heterocycles. The van der Waals surface area contributed by atoms with Gasteiger partial charge in [-0.05, 0) is 31.5 Å². The molecular formula is C13H15ClFNO3. The van der Waals surface area contributed by atoms with E-state index >= 15 is 0 Å². The number of nitrogens with zero attached hydrogens (tertiary/aromatic N) is 1. The Hall–Kier alpha value is -1.62. The average Bonchev–Trinajstić information content (AvgIpc) is 2.37. The van der Waals surface area contributed by atoms with Gasteiger partial charge in [-0.25, -0.2) is 4.39 Å². The average molecular weight is 288 g/mol. The highest BCUT2D eigenvalue weighted by Crippen LogP contribution is 2.18. The van der Waals surface area contributed by atoms with E-state index in [-0.39, 0.29) is 16.6 Å². The third kappa shape index (κ3) is 3.92. The van der Waals surface area contributed by atoms with E-state index in [0.29, 0.717) is 6.42 Å². The van der Waals surface area contributed by atoms with Crippen molar-refractivity contribution in [3.8, 4) is 0 Å². The molecule has 0 saturated heterocycles. The van der Waals surface area contributed by atoms with Crippen LogP contribution in [0.4, 0.5) is 4.39 Å².